The summed E-state index contributed by atoms with van der Waals surface area (Å²) < 4.78 is 24.3. The summed E-state index contributed by atoms with van der Waals surface area (Å²) in [5.41, 5.74) is 9.72. The van der Waals surface area contributed by atoms with E-state index in [4.69, 9.17) is 20.0 Å². The second kappa shape index (κ2) is 13.8. The first-order valence-corrected chi connectivity index (χ1v) is 16.3. The van der Waals surface area contributed by atoms with E-state index in [1.54, 1.807) is 0 Å². The van der Waals surface area contributed by atoms with Gasteiger partial charge >= 0.3 is 7.82 Å². The summed E-state index contributed by atoms with van der Waals surface area (Å²) in [6, 6.07) is 9.97. The van der Waals surface area contributed by atoms with Crippen molar-refractivity contribution in [3.63, 3.8) is 0 Å². The van der Waals surface area contributed by atoms with Crippen LogP contribution in [0.25, 0.3) is 21.9 Å². The fourth-order valence-corrected chi connectivity index (χ4v) is 5.82. The van der Waals surface area contributed by atoms with E-state index in [-0.39, 0.29) is 35.7 Å². The minimum absolute atomic E-state index is 0.0493. The van der Waals surface area contributed by atoms with Crippen molar-refractivity contribution in [2.24, 2.45) is 0 Å². The molecule has 0 saturated carbocycles. The van der Waals surface area contributed by atoms with Crippen LogP contribution in [0.15, 0.2) is 48.6 Å². The van der Waals surface area contributed by atoms with Gasteiger partial charge in [0.25, 0.3) is 11.8 Å². The molecule has 5 rings (SSSR count). The number of aromatic nitrogens is 3. The summed E-state index contributed by atoms with van der Waals surface area (Å²) in [5.74, 6) is 0.283. The average molecular weight is 638 g/mol. The Morgan fingerprint density at radius 2 is 1.71 bits per heavy atom. The van der Waals surface area contributed by atoms with E-state index < -0.39 is 7.82 Å². The van der Waals surface area contributed by atoms with E-state index in [0.29, 0.717) is 49.2 Å². The van der Waals surface area contributed by atoms with E-state index in [0.717, 1.165) is 48.0 Å². The number of aryl methyl sites for hydroxylation is 2. The number of carbonyl (C=O) groups excluding carboxylic acids is 2. The lowest BCUT2D eigenvalue weighted by Gasteiger charge is -2.16. The Labute approximate surface area is 259 Å². The highest BCUT2D eigenvalue weighted by atomic mass is 31.2. The van der Waals surface area contributed by atoms with Gasteiger partial charge in [0, 0.05) is 49.3 Å². The first-order valence-electron chi connectivity index (χ1n) is 14.8. The second-order valence-electron chi connectivity index (χ2n) is 10.9. The molecule has 0 spiro atoms. The van der Waals surface area contributed by atoms with E-state index >= 15 is 0 Å². The number of pyridine rings is 1. The van der Waals surface area contributed by atoms with Gasteiger partial charge in [-0.25, -0.2) is 14.5 Å². The number of unbranched alkanes of at least 4 members (excludes halogenated alkanes) is 1. The topological polar surface area (TPSA) is 190 Å². The Hall–Kier alpha value is -4.29. The SMILES string of the molecule is CCCCc1nc2c(N)nc3ccc(CCCOCCCN4C(=O)C=CC4=O)cc3c2n1Cc1cc(O)ccc1OP(=O)(O)O. The summed E-state index contributed by atoms with van der Waals surface area (Å²) in [5, 5.41) is 11.0. The van der Waals surface area contributed by atoms with Crippen LogP contribution in [0.3, 0.4) is 0 Å². The molecule has 0 saturated heterocycles. The number of benzene rings is 2. The normalized spacial score (nSPS) is 13.5. The van der Waals surface area contributed by atoms with Gasteiger partial charge in [-0.2, -0.15) is 0 Å². The summed E-state index contributed by atoms with van der Waals surface area (Å²) in [6.07, 6.45) is 6.98. The number of fused-ring (bicyclic) bond motifs is 3. The molecule has 238 valence electrons. The third-order valence-electron chi connectivity index (χ3n) is 7.52. The van der Waals surface area contributed by atoms with Crippen LogP contribution in [-0.4, -0.2) is 65.9 Å². The lowest BCUT2D eigenvalue weighted by molar-refractivity contribution is -0.136. The molecule has 0 fully saturated rings. The number of ether oxygens (including phenoxy) is 1. The molecule has 5 N–H and O–H groups in total. The number of phenolic OH excluding ortho intramolecular Hbond substituents is 1. The van der Waals surface area contributed by atoms with Crippen molar-refractivity contribution in [3.05, 3.63) is 65.5 Å². The zero-order valence-electron chi connectivity index (χ0n) is 24.9. The monoisotopic (exact) mass is 637 g/mol. The number of phosphoric acid groups is 1. The first-order chi connectivity index (χ1) is 21.5. The maximum absolute atomic E-state index is 11.7. The number of imidazole rings is 1. The molecule has 4 aromatic rings. The zero-order valence-corrected chi connectivity index (χ0v) is 25.8. The molecule has 14 heteroatoms. The number of anilines is 1. The van der Waals surface area contributed by atoms with Gasteiger partial charge in [0.15, 0.2) is 5.82 Å². The maximum Gasteiger partial charge on any atom is 0.524 e. The molecule has 13 nitrogen and oxygen atoms in total. The number of phenols is 1. The third kappa shape index (κ3) is 7.69. The highest BCUT2D eigenvalue weighted by Crippen LogP contribution is 2.41. The minimum Gasteiger partial charge on any atom is -0.508 e. The molecule has 3 heterocycles. The number of hydrogen-bond donors (Lipinski definition) is 4. The van der Waals surface area contributed by atoms with Crippen molar-refractivity contribution in [2.45, 2.75) is 52.0 Å². The fourth-order valence-electron chi connectivity index (χ4n) is 5.39. The van der Waals surface area contributed by atoms with Gasteiger partial charge in [-0.3, -0.25) is 24.3 Å². The van der Waals surface area contributed by atoms with E-state index in [1.807, 2.05) is 22.8 Å². The predicted octanol–water partition coefficient (Wildman–Crippen LogP) is 4.00. The van der Waals surface area contributed by atoms with Crippen LogP contribution in [0.1, 0.15) is 49.6 Å². The zero-order chi connectivity index (χ0) is 32.1. The van der Waals surface area contributed by atoms with Crippen molar-refractivity contribution < 1.29 is 38.3 Å². The molecule has 0 radical (unpaired) electrons. The number of aromatic hydroxyl groups is 1. The number of nitrogen functional groups attached to an aromatic ring is 1. The van der Waals surface area contributed by atoms with Gasteiger partial charge in [0.2, 0.25) is 0 Å². The molecule has 1 aliphatic heterocycles. The predicted molar refractivity (Wildman–Crippen MR) is 168 cm³/mol. The van der Waals surface area contributed by atoms with Crippen molar-refractivity contribution >= 4 is 47.4 Å². The largest absolute Gasteiger partial charge is 0.524 e. The van der Waals surface area contributed by atoms with Crippen LogP contribution in [-0.2, 0) is 38.3 Å². The molecule has 0 unspecified atom stereocenters. The molecule has 1 aliphatic rings. The highest BCUT2D eigenvalue weighted by Gasteiger charge is 2.23. The van der Waals surface area contributed by atoms with Crippen LogP contribution in [0.2, 0.25) is 0 Å². The van der Waals surface area contributed by atoms with E-state index in [1.165, 1.54) is 35.3 Å². The standard InChI is InChI=1S/C31H36N5O8P/c1-2-3-7-26-34-29-30(36(26)19-21-18-22(37)9-11-25(21)44-45(40,41)42)23-17-20(8-10-24(23)33-31(29)32)6-4-15-43-16-5-14-35-27(38)12-13-28(35)39/h8-13,17-18,37H,2-7,14-16,19H2,1H3,(H2,32,33)(H2,40,41,42). The fraction of sp³-hybridized carbons (Fsp3) is 0.355. The lowest BCUT2D eigenvalue weighted by atomic mass is 10.1. The Morgan fingerprint density at radius 3 is 2.44 bits per heavy atom. The Bertz CT molecular complexity index is 1800. The van der Waals surface area contributed by atoms with Gasteiger partial charge in [-0.05, 0) is 61.6 Å². The lowest BCUT2D eigenvalue weighted by Crippen LogP contribution is -2.31. The quantitative estimate of drug-likeness (QED) is 0.0837. The smallest absolute Gasteiger partial charge is 0.508 e. The van der Waals surface area contributed by atoms with Crippen molar-refractivity contribution in [3.8, 4) is 11.5 Å². The van der Waals surface area contributed by atoms with Gasteiger partial charge in [-0.15, -0.1) is 0 Å². The molecule has 0 atom stereocenters. The summed E-state index contributed by atoms with van der Waals surface area (Å²) >= 11 is 0. The molecule has 2 aromatic carbocycles. The Kier molecular flexibility index (Phi) is 9.83. The Morgan fingerprint density at radius 1 is 0.956 bits per heavy atom. The number of phosphoric ester groups is 1. The maximum atomic E-state index is 11.7. The highest BCUT2D eigenvalue weighted by molar-refractivity contribution is 7.46. The first kappa shape index (κ1) is 32.1. The number of nitrogens with zero attached hydrogens (tertiary/aromatic N) is 4. The van der Waals surface area contributed by atoms with Gasteiger partial charge < -0.3 is 24.7 Å². The molecule has 0 aliphatic carbocycles. The molecular formula is C31H36N5O8P. The molecule has 2 aromatic heterocycles. The summed E-state index contributed by atoms with van der Waals surface area (Å²) in [4.78, 5) is 52.9. The van der Waals surface area contributed by atoms with Gasteiger partial charge in [0.1, 0.15) is 22.8 Å². The van der Waals surface area contributed by atoms with Crippen LogP contribution in [0, 0.1) is 0 Å². The van der Waals surface area contributed by atoms with E-state index in [2.05, 4.69) is 11.9 Å². The van der Waals surface area contributed by atoms with Crippen molar-refractivity contribution in [2.75, 3.05) is 25.5 Å². The minimum atomic E-state index is -4.86. The summed E-state index contributed by atoms with van der Waals surface area (Å²) in [7, 11) is -4.86. The van der Waals surface area contributed by atoms with Crippen molar-refractivity contribution in [1.82, 2.24) is 19.4 Å². The number of imide groups is 1. The number of nitrogens with two attached hydrogens (primary N) is 1. The second-order valence-corrected chi connectivity index (χ2v) is 12.0. The van der Waals surface area contributed by atoms with Crippen LogP contribution < -0.4 is 10.3 Å². The van der Waals surface area contributed by atoms with E-state index in [9.17, 15) is 29.0 Å². The average Bonchev–Trinajstić information content (AvgIpc) is 3.51. The third-order valence-corrected chi connectivity index (χ3v) is 7.95. The van der Waals surface area contributed by atoms with Crippen LogP contribution in [0.4, 0.5) is 5.82 Å². The van der Waals surface area contributed by atoms with Crippen molar-refractivity contribution in [1.29, 1.82) is 0 Å². The van der Waals surface area contributed by atoms with Crippen LogP contribution >= 0.6 is 7.82 Å². The molecule has 45 heavy (non-hydrogen) atoms. The molecule has 2 amide bonds. The molecule has 0 bridgehead atoms. The van der Waals surface area contributed by atoms with Gasteiger partial charge in [0.05, 0.1) is 17.6 Å². The number of carbonyl (C=O) groups is 2. The number of amides is 2. The summed E-state index contributed by atoms with van der Waals surface area (Å²) in [6.45, 7) is 3.45. The Balaban J connectivity index is 1.38. The molecular weight excluding hydrogens is 601 g/mol. The number of rotatable bonds is 15. The number of hydrogen-bond acceptors (Lipinski definition) is 9. The van der Waals surface area contributed by atoms with Crippen LogP contribution in [0.5, 0.6) is 11.5 Å². The van der Waals surface area contributed by atoms with Gasteiger partial charge in [-0.1, -0.05) is 19.4 Å².